The summed E-state index contributed by atoms with van der Waals surface area (Å²) in [6.07, 6.45) is 8.61. The van der Waals surface area contributed by atoms with Crippen molar-refractivity contribution < 1.29 is 19.4 Å². The van der Waals surface area contributed by atoms with Crippen molar-refractivity contribution in [1.29, 1.82) is 5.41 Å². The van der Waals surface area contributed by atoms with Gasteiger partial charge in [-0.05, 0) is 98.3 Å². The Morgan fingerprint density at radius 2 is 1.80 bits per heavy atom. The SMILES string of the molecule is CC(=O)c1cccc2c1CN(c1ccc(/C(C=N)=C(\C)NCC34CC5(C)CC(C)(C3)CC(OCCN)(C5)C4)c(C(=O)O)n1)CC2. The number of carboxylic acid groups (broad SMARTS) is 1. The van der Waals surface area contributed by atoms with Crippen molar-refractivity contribution in [1.82, 2.24) is 10.3 Å². The normalized spacial score (nSPS) is 30.5. The minimum Gasteiger partial charge on any atom is -0.476 e. The molecule has 0 saturated heterocycles. The van der Waals surface area contributed by atoms with E-state index in [1.807, 2.05) is 36.1 Å². The van der Waals surface area contributed by atoms with Crippen LogP contribution >= 0.6 is 0 Å². The van der Waals surface area contributed by atoms with Gasteiger partial charge in [-0.15, -0.1) is 0 Å². The number of carboxylic acids is 1. The molecular formula is C36H47N5O4. The van der Waals surface area contributed by atoms with Crippen molar-refractivity contribution in [2.24, 2.45) is 22.0 Å². The highest BCUT2D eigenvalue weighted by atomic mass is 16.5. The average molecular weight is 614 g/mol. The van der Waals surface area contributed by atoms with Gasteiger partial charge in [0, 0.05) is 54.8 Å². The van der Waals surface area contributed by atoms with E-state index in [4.69, 9.17) is 15.9 Å². The van der Waals surface area contributed by atoms with Crippen LogP contribution in [0.5, 0.6) is 0 Å². The number of aromatic nitrogens is 1. The van der Waals surface area contributed by atoms with Gasteiger partial charge in [-0.3, -0.25) is 4.79 Å². The number of ketones is 1. The first kappa shape index (κ1) is 31.4. The van der Waals surface area contributed by atoms with E-state index in [0.717, 1.165) is 61.9 Å². The Morgan fingerprint density at radius 3 is 2.44 bits per heavy atom. The zero-order valence-corrected chi connectivity index (χ0v) is 27.1. The summed E-state index contributed by atoms with van der Waals surface area (Å²) >= 11 is 0. The summed E-state index contributed by atoms with van der Waals surface area (Å²) < 4.78 is 6.54. The number of hydrogen-bond acceptors (Lipinski definition) is 8. The number of fused-ring (bicyclic) bond motifs is 1. The molecule has 1 aromatic heterocycles. The molecule has 1 aliphatic heterocycles. The molecule has 5 aliphatic rings. The lowest BCUT2D eigenvalue weighted by Gasteiger charge is -2.69. The van der Waals surface area contributed by atoms with Crippen molar-refractivity contribution in [3.63, 3.8) is 0 Å². The second-order valence-corrected chi connectivity index (χ2v) is 15.1. The van der Waals surface area contributed by atoms with Gasteiger partial charge >= 0.3 is 5.97 Å². The van der Waals surface area contributed by atoms with Crippen LogP contribution in [-0.4, -0.2) is 59.9 Å². The molecule has 4 bridgehead atoms. The third-order valence-corrected chi connectivity index (χ3v) is 10.8. The van der Waals surface area contributed by atoms with E-state index in [1.54, 1.807) is 13.0 Å². The second-order valence-electron chi connectivity index (χ2n) is 15.1. The summed E-state index contributed by atoms with van der Waals surface area (Å²) in [6, 6.07) is 9.41. The summed E-state index contributed by atoms with van der Waals surface area (Å²) in [7, 11) is 0. The third kappa shape index (κ3) is 5.81. The van der Waals surface area contributed by atoms with Crippen LogP contribution in [0.3, 0.4) is 0 Å². The van der Waals surface area contributed by atoms with E-state index in [0.29, 0.717) is 48.8 Å². The summed E-state index contributed by atoms with van der Waals surface area (Å²) in [5.41, 5.74) is 10.6. The lowest BCUT2D eigenvalue weighted by Crippen LogP contribution is -2.65. The Morgan fingerprint density at radius 1 is 1.07 bits per heavy atom. The summed E-state index contributed by atoms with van der Waals surface area (Å²) in [5, 5.41) is 22.2. The number of carbonyl (C=O) groups excluding carboxylic acids is 1. The molecule has 0 amide bonds. The largest absolute Gasteiger partial charge is 0.476 e. The number of nitrogens with two attached hydrogens (primary N) is 1. The van der Waals surface area contributed by atoms with Gasteiger partial charge in [-0.1, -0.05) is 32.0 Å². The van der Waals surface area contributed by atoms with Crippen LogP contribution in [0.15, 0.2) is 36.0 Å². The van der Waals surface area contributed by atoms with Crippen LogP contribution in [-0.2, 0) is 17.7 Å². The maximum absolute atomic E-state index is 12.6. The summed E-state index contributed by atoms with van der Waals surface area (Å²) in [6.45, 7) is 11.3. The highest BCUT2D eigenvalue weighted by Gasteiger charge is 2.66. The molecule has 1 aromatic carbocycles. The molecule has 45 heavy (non-hydrogen) atoms. The quantitative estimate of drug-likeness (QED) is 0.189. The maximum atomic E-state index is 12.6. The molecule has 4 fully saturated rings. The van der Waals surface area contributed by atoms with E-state index < -0.39 is 5.97 Å². The van der Waals surface area contributed by atoms with E-state index in [-0.39, 0.29) is 33.3 Å². The molecule has 2 unspecified atom stereocenters. The molecule has 0 spiro atoms. The van der Waals surface area contributed by atoms with Gasteiger partial charge in [-0.2, -0.15) is 0 Å². The molecule has 5 N–H and O–H groups in total. The van der Waals surface area contributed by atoms with Crippen molar-refractivity contribution in [2.75, 3.05) is 31.1 Å². The third-order valence-electron chi connectivity index (χ3n) is 10.8. The predicted molar refractivity (Wildman–Crippen MR) is 176 cm³/mol. The number of anilines is 1. The molecule has 2 atom stereocenters. The summed E-state index contributed by atoms with van der Waals surface area (Å²) in [4.78, 5) is 31.5. The number of aromatic carboxylic acids is 1. The van der Waals surface area contributed by atoms with Crippen LogP contribution in [0.4, 0.5) is 5.82 Å². The molecule has 4 saturated carbocycles. The minimum atomic E-state index is -1.14. The number of hydrogen-bond donors (Lipinski definition) is 4. The van der Waals surface area contributed by atoms with Crippen LogP contribution < -0.4 is 16.0 Å². The zero-order chi connectivity index (χ0) is 32.2. The number of Topliss-reactive ketones (excluding diaryl/α,β-unsaturated/α-hetero) is 1. The zero-order valence-electron chi connectivity index (χ0n) is 27.1. The van der Waals surface area contributed by atoms with Crippen molar-refractivity contribution in [3.8, 4) is 0 Å². The number of benzene rings is 1. The van der Waals surface area contributed by atoms with E-state index in [9.17, 15) is 14.7 Å². The van der Waals surface area contributed by atoms with Crippen LogP contribution in [0.2, 0.25) is 0 Å². The predicted octanol–water partition coefficient (Wildman–Crippen LogP) is 5.61. The van der Waals surface area contributed by atoms with Gasteiger partial charge in [0.1, 0.15) is 5.82 Å². The summed E-state index contributed by atoms with van der Waals surface area (Å²) in [5.74, 6) is -0.573. The fraction of sp³-hybridized carbons (Fsp3) is 0.556. The lowest BCUT2D eigenvalue weighted by atomic mass is 9.39. The fourth-order valence-corrected chi connectivity index (χ4v) is 10.4. The average Bonchev–Trinajstić information content (AvgIpc) is 2.97. The molecule has 240 valence electrons. The number of nitrogens with one attached hydrogen (secondary N) is 2. The molecule has 9 heteroatoms. The van der Waals surface area contributed by atoms with Crippen molar-refractivity contribution in [3.05, 3.63) is 64.0 Å². The molecular weight excluding hydrogens is 566 g/mol. The molecule has 2 aromatic rings. The first-order chi connectivity index (χ1) is 21.3. The Bertz CT molecular complexity index is 1560. The second kappa shape index (κ2) is 11.4. The van der Waals surface area contributed by atoms with Crippen LogP contribution in [0.25, 0.3) is 5.57 Å². The number of rotatable bonds is 11. The van der Waals surface area contributed by atoms with Gasteiger partial charge in [0.15, 0.2) is 11.5 Å². The first-order valence-corrected chi connectivity index (χ1v) is 16.2. The molecule has 0 radical (unpaired) electrons. The van der Waals surface area contributed by atoms with E-state index >= 15 is 0 Å². The Labute approximate surface area is 266 Å². The minimum absolute atomic E-state index is 0.0157. The molecule has 2 heterocycles. The van der Waals surface area contributed by atoms with Crippen LogP contribution in [0, 0.1) is 21.7 Å². The number of carbonyl (C=O) groups is 2. The number of pyridine rings is 1. The molecule has 4 aliphatic carbocycles. The smallest absolute Gasteiger partial charge is 0.355 e. The lowest BCUT2D eigenvalue weighted by molar-refractivity contribution is -0.242. The van der Waals surface area contributed by atoms with E-state index in [1.165, 1.54) is 12.6 Å². The van der Waals surface area contributed by atoms with Gasteiger partial charge in [-0.25, -0.2) is 9.78 Å². The van der Waals surface area contributed by atoms with Crippen molar-refractivity contribution in [2.45, 2.75) is 84.8 Å². The fourth-order valence-electron chi connectivity index (χ4n) is 10.4. The van der Waals surface area contributed by atoms with Crippen LogP contribution in [0.1, 0.15) is 104 Å². The Balaban J connectivity index is 1.26. The van der Waals surface area contributed by atoms with Gasteiger partial charge in [0.2, 0.25) is 0 Å². The van der Waals surface area contributed by atoms with Gasteiger partial charge in [0.05, 0.1) is 12.2 Å². The Hall–Kier alpha value is -3.56. The van der Waals surface area contributed by atoms with Gasteiger partial charge < -0.3 is 31.2 Å². The topological polar surface area (TPSA) is 142 Å². The monoisotopic (exact) mass is 613 g/mol. The molecule has 9 nitrogen and oxygen atoms in total. The Kier molecular flexibility index (Phi) is 7.93. The van der Waals surface area contributed by atoms with Gasteiger partial charge in [0.25, 0.3) is 0 Å². The number of ether oxygens (including phenoxy) is 1. The number of nitrogens with zero attached hydrogens (tertiary/aromatic N) is 2. The highest BCUT2D eigenvalue weighted by molar-refractivity contribution is 6.12. The molecule has 7 rings (SSSR count). The first-order valence-electron chi connectivity index (χ1n) is 16.2. The maximum Gasteiger partial charge on any atom is 0.355 e. The highest BCUT2D eigenvalue weighted by Crippen LogP contribution is 2.71. The van der Waals surface area contributed by atoms with Crippen molar-refractivity contribution >= 4 is 29.4 Å². The van der Waals surface area contributed by atoms with E-state index in [2.05, 4.69) is 24.1 Å². The number of allylic oxidation sites excluding steroid dienone is 2. The standard InChI is InChI=1S/C36H47N5O4/c1-23(39-22-35-17-33(3)16-34(4,18-35)20-36(19-33,21-35)45-13-11-37)28(14-38)27-8-9-30(40-31(27)32(43)44)41-12-10-25-6-5-7-26(24(2)42)29(25)15-41/h5-9,14,38-39H,10-13,15-22,37H2,1-4H3,(H,43,44)/b28-23+,38-14?.